The lowest BCUT2D eigenvalue weighted by molar-refractivity contribution is -0.136. The Labute approximate surface area is 204 Å². The van der Waals surface area contributed by atoms with E-state index in [1.165, 1.54) is 12.1 Å². The molecule has 2 fully saturated rings. The summed E-state index contributed by atoms with van der Waals surface area (Å²) in [5.74, 6) is -4.19. The van der Waals surface area contributed by atoms with Crippen LogP contribution >= 0.6 is 0 Å². The molecular weight excluding hydrogens is 439 g/mol. The van der Waals surface area contributed by atoms with Gasteiger partial charge < -0.3 is 15.0 Å². The Balaban J connectivity index is 1.35. The molecule has 2 aromatic carbocycles. The van der Waals surface area contributed by atoms with E-state index in [2.05, 4.69) is 10.2 Å². The van der Waals surface area contributed by atoms with Gasteiger partial charge in [-0.15, -0.1) is 0 Å². The summed E-state index contributed by atoms with van der Waals surface area (Å²) < 4.78 is 61.2. The summed E-state index contributed by atoms with van der Waals surface area (Å²) in [4.78, 5) is 40.8. The molecule has 3 amide bonds. The molecule has 9 heteroatoms. The Bertz CT molecular complexity index is 1350. The van der Waals surface area contributed by atoms with E-state index in [1.807, 2.05) is 6.07 Å². The third-order valence-electron chi connectivity index (χ3n) is 6.07. The van der Waals surface area contributed by atoms with Crippen molar-refractivity contribution >= 4 is 23.4 Å². The van der Waals surface area contributed by atoms with E-state index < -0.39 is 42.3 Å². The highest BCUT2D eigenvalue weighted by molar-refractivity contribution is 6.06. The number of hydrogen-bond acceptors (Lipinski definition) is 6. The second-order valence-electron chi connectivity index (χ2n) is 8.27. The Morgan fingerprint density at radius 2 is 2.03 bits per heavy atom. The van der Waals surface area contributed by atoms with Gasteiger partial charge in [-0.1, -0.05) is 18.2 Å². The Morgan fingerprint density at radius 3 is 2.82 bits per heavy atom. The van der Waals surface area contributed by atoms with Gasteiger partial charge in [-0.05, 0) is 30.1 Å². The summed E-state index contributed by atoms with van der Waals surface area (Å²) in [6.07, 6.45) is -6.60. The number of amides is 3. The number of morpholine rings is 1. The van der Waals surface area contributed by atoms with Crippen molar-refractivity contribution in [1.82, 2.24) is 15.1 Å². The lowest BCUT2D eigenvalue weighted by atomic mass is 10.0. The van der Waals surface area contributed by atoms with Gasteiger partial charge in [-0.25, -0.2) is 4.39 Å². The molecule has 2 N–H and O–H groups in total. The number of piperidine rings is 1. The zero-order valence-corrected chi connectivity index (χ0v) is 18.3. The number of fused-ring (bicyclic) bond motifs is 1. The zero-order chi connectivity index (χ0) is 28.2. The van der Waals surface area contributed by atoms with Crippen molar-refractivity contribution in [2.24, 2.45) is 0 Å². The maximum Gasteiger partial charge on any atom is 0.255 e. The molecule has 2 saturated heterocycles. The fourth-order valence-corrected chi connectivity index (χ4v) is 4.28. The number of benzene rings is 2. The van der Waals surface area contributed by atoms with Crippen LogP contribution in [-0.2, 0) is 34.0 Å². The second-order valence-corrected chi connectivity index (χ2v) is 8.27. The van der Waals surface area contributed by atoms with Crippen molar-refractivity contribution < 1.29 is 30.4 Å². The maximum absolute atomic E-state index is 14.9. The topological polar surface area (TPSA) is 91.0 Å². The molecule has 0 aliphatic carbocycles. The van der Waals surface area contributed by atoms with Crippen molar-refractivity contribution in [3.63, 3.8) is 0 Å². The predicted molar refractivity (Wildman–Crippen MR) is 122 cm³/mol. The molecule has 1 atom stereocenters. The smallest absolute Gasteiger partial charge is 0.255 e. The first-order valence-corrected chi connectivity index (χ1v) is 11.0. The van der Waals surface area contributed by atoms with Crippen LogP contribution in [0.3, 0.4) is 0 Å². The molecule has 0 spiro atoms. The molecule has 8 nitrogen and oxygen atoms in total. The van der Waals surface area contributed by atoms with Gasteiger partial charge in [-0.3, -0.25) is 24.6 Å². The van der Waals surface area contributed by atoms with Crippen LogP contribution < -0.4 is 10.6 Å². The number of rotatable bonds is 6. The number of anilines is 1. The highest BCUT2D eigenvalue weighted by atomic mass is 19.1. The molecule has 0 aromatic heterocycles. The van der Waals surface area contributed by atoms with Crippen molar-refractivity contribution in [2.45, 2.75) is 38.4 Å². The summed E-state index contributed by atoms with van der Waals surface area (Å²) in [7, 11) is 0. The summed E-state index contributed by atoms with van der Waals surface area (Å²) in [5, 5.41) is 4.78. The Kier molecular flexibility index (Phi) is 4.81. The van der Waals surface area contributed by atoms with Gasteiger partial charge in [0, 0.05) is 67.0 Å². The van der Waals surface area contributed by atoms with Crippen molar-refractivity contribution in [2.75, 3.05) is 31.6 Å². The highest BCUT2D eigenvalue weighted by Gasteiger charge is 2.39. The molecule has 178 valence electrons. The minimum absolute atomic E-state index is 0.0681. The molecule has 1 unspecified atom stereocenters. The third kappa shape index (κ3) is 4.53. The van der Waals surface area contributed by atoms with Gasteiger partial charge in [0.2, 0.25) is 11.8 Å². The fourth-order valence-electron chi connectivity index (χ4n) is 4.28. The average Bonchev–Trinajstić information content (AvgIpc) is 3.24. The standard InChI is InChI=1S/C25H27FN4O4/c26-20-12-16(14-29-8-10-34-11-9-29)4-5-17(20)13-27-21-3-1-2-18-19(21)15-30(25(18)33)22-6-7-23(31)28-24(22)32/h1-5,12,22,27H,6-11,13-15H2,(H,28,31,32)/i6D2,7D2,22D. The molecule has 0 saturated carbocycles. The molecule has 3 heterocycles. The van der Waals surface area contributed by atoms with Crippen LogP contribution in [0, 0.1) is 5.82 Å². The largest absolute Gasteiger partial charge is 0.381 e. The van der Waals surface area contributed by atoms with Crippen LogP contribution in [0.15, 0.2) is 36.4 Å². The summed E-state index contributed by atoms with van der Waals surface area (Å²) in [5.41, 5.74) is 2.07. The van der Waals surface area contributed by atoms with Crippen LogP contribution in [-0.4, -0.2) is 59.8 Å². The van der Waals surface area contributed by atoms with Crippen LogP contribution in [0.4, 0.5) is 10.1 Å². The number of carbonyl (C=O) groups is 3. The average molecular weight is 472 g/mol. The quantitative estimate of drug-likeness (QED) is 0.627. The van der Waals surface area contributed by atoms with Gasteiger partial charge >= 0.3 is 0 Å². The fraction of sp³-hybridized carbons (Fsp3) is 0.400. The van der Waals surface area contributed by atoms with Crippen LogP contribution in [0.1, 0.15) is 46.6 Å². The first kappa shape index (κ1) is 17.2. The molecule has 0 bridgehead atoms. The van der Waals surface area contributed by atoms with Crippen molar-refractivity contribution in [1.29, 1.82) is 0 Å². The normalized spacial score (nSPS) is 28.2. The number of nitrogens with zero attached hydrogens (tertiary/aromatic N) is 2. The highest BCUT2D eigenvalue weighted by Crippen LogP contribution is 2.32. The van der Waals surface area contributed by atoms with E-state index in [0.717, 1.165) is 18.7 Å². The molecule has 34 heavy (non-hydrogen) atoms. The van der Waals surface area contributed by atoms with Crippen LogP contribution in [0.5, 0.6) is 0 Å². The van der Waals surface area contributed by atoms with E-state index in [9.17, 15) is 18.8 Å². The SMILES string of the molecule is [2H]C1([2H])C(=O)NC(=O)C([2H])(N2Cc3c(NCc4ccc(CN5CCOCC5)cc4F)cccc3C2=O)C1([2H])[2H]. The van der Waals surface area contributed by atoms with Crippen molar-refractivity contribution in [3.05, 3.63) is 64.5 Å². The summed E-state index contributed by atoms with van der Waals surface area (Å²) >= 11 is 0. The van der Waals surface area contributed by atoms with E-state index >= 15 is 0 Å². The number of imide groups is 1. The van der Waals surface area contributed by atoms with Crippen molar-refractivity contribution in [3.8, 4) is 0 Å². The number of ether oxygens (including phenoxy) is 1. The molecule has 3 aliphatic rings. The Morgan fingerprint density at radius 1 is 1.21 bits per heavy atom. The van der Waals surface area contributed by atoms with E-state index in [4.69, 9.17) is 11.6 Å². The zero-order valence-electron chi connectivity index (χ0n) is 23.3. The van der Waals surface area contributed by atoms with E-state index in [0.29, 0.717) is 41.5 Å². The number of nitrogens with one attached hydrogen (secondary N) is 2. The predicted octanol–water partition coefficient (Wildman–Crippen LogP) is 2.03. The van der Waals surface area contributed by atoms with Gasteiger partial charge in [-0.2, -0.15) is 0 Å². The van der Waals surface area contributed by atoms with Crippen LogP contribution in [0.25, 0.3) is 0 Å². The van der Waals surface area contributed by atoms with E-state index in [1.54, 1.807) is 23.5 Å². The summed E-state index contributed by atoms with van der Waals surface area (Å²) in [6.45, 7) is 3.14. The molecule has 0 radical (unpaired) electrons. The number of carbonyl (C=O) groups excluding carboxylic acids is 3. The Hall–Kier alpha value is -3.30. The van der Waals surface area contributed by atoms with Gasteiger partial charge in [0.15, 0.2) is 0 Å². The second kappa shape index (κ2) is 9.52. The first-order chi connectivity index (χ1) is 18.4. The lowest BCUT2D eigenvalue weighted by Crippen LogP contribution is -2.52. The van der Waals surface area contributed by atoms with Crippen LogP contribution in [0.2, 0.25) is 0 Å². The lowest BCUT2D eigenvalue weighted by Gasteiger charge is -2.29. The minimum Gasteiger partial charge on any atom is -0.381 e. The van der Waals surface area contributed by atoms with Gasteiger partial charge in [0.05, 0.1) is 14.6 Å². The molecular formula is C25H27FN4O4. The maximum atomic E-state index is 14.9. The molecule has 2 aromatic rings. The molecule has 3 aliphatic heterocycles. The van der Waals surface area contributed by atoms with Gasteiger partial charge in [0.1, 0.15) is 11.8 Å². The first-order valence-electron chi connectivity index (χ1n) is 13.5. The third-order valence-corrected chi connectivity index (χ3v) is 6.07. The minimum atomic E-state index is -3.35. The number of hydrogen-bond donors (Lipinski definition) is 2. The monoisotopic (exact) mass is 471 g/mol. The summed E-state index contributed by atoms with van der Waals surface area (Å²) in [6, 6.07) is 6.59. The molecule has 5 rings (SSSR count). The van der Waals surface area contributed by atoms with E-state index in [-0.39, 0.29) is 18.7 Å². The van der Waals surface area contributed by atoms with Gasteiger partial charge in [0.25, 0.3) is 5.91 Å². The number of halogens is 1.